The van der Waals surface area contributed by atoms with Crippen LogP contribution in [-0.4, -0.2) is 13.7 Å². The fourth-order valence-corrected chi connectivity index (χ4v) is 3.51. The third kappa shape index (κ3) is 2.53. The predicted molar refractivity (Wildman–Crippen MR) is 82.5 cm³/mol. The van der Waals surface area contributed by atoms with Gasteiger partial charge in [-0.2, -0.15) is 0 Å². The predicted octanol–water partition coefficient (Wildman–Crippen LogP) is 4.77. The van der Waals surface area contributed by atoms with E-state index in [1.165, 1.54) is 29.5 Å². The molecule has 1 aromatic carbocycles. The molecule has 19 heavy (non-hydrogen) atoms. The van der Waals surface area contributed by atoms with Gasteiger partial charge >= 0.3 is 0 Å². The first-order valence-electron chi connectivity index (χ1n) is 6.74. The van der Waals surface area contributed by atoms with Crippen molar-refractivity contribution in [2.45, 2.75) is 39.0 Å². The van der Waals surface area contributed by atoms with Crippen LogP contribution < -0.4 is 9.47 Å². The molecule has 104 valence electrons. The van der Waals surface area contributed by atoms with Crippen molar-refractivity contribution < 1.29 is 9.47 Å². The van der Waals surface area contributed by atoms with Crippen LogP contribution in [0.15, 0.2) is 17.1 Å². The van der Waals surface area contributed by atoms with Crippen LogP contribution in [0.2, 0.25) is 0 Å². The summed E-state index contributed by atoms with van der Waals surface area (Å²) in [5, 5.41) is 0. The first-order chi connectivity index (χ1) is 9.11. The SMILES string of the molecule is C=CCOc1c(Br)c(C)c2c(c1OC)CCCC2C. The van der Waals surface area contributed by atoms with Crippen molar-refractivity contribution >= 4 is 15.9 Å². The fourth-order valence-electron chi connectivity index (χ4n) is 3.01. The number of halogens is 1. The lowest BCUT2D eigenvalue weighted by Crippen LogP contribution is -2.13. The summed E-state index contributed by atoms with van der Waals surface area (Å²) in [6.45, 7) is 8.64. The molecule has 1 aliphatic rings. The highest BCUT2D eigenvalue weighted by molar-refractivity contribution is 9.10. The molecule has 0 amide bonds. The van der Waals surface area contributed by atoms with Crippen LogP contribution in [0.4, 0.5) is 0 Å². The molecule has 0 aliphatic heterocycles. The smallest absolute Gasteiger partial charge is 0.176 e. The summed E-state index contributed by atoms with van der Waals surface area (Å²) >= 11 is 3.67. The van der Waals surface area contributed by atoms with Crippen LogP contribution >= 0.6 is 15.9 Å². The number of hydrogen-bond acceptors (Lipinski definition) is 2. The molecule has 0 heterocycles. The summed E-state index contributed by atoms with van der Waals surface area (Å²) in [5.74, 6) is 2.29. The number of methoxy groups -OCH3 is 1. The standard InChI is InChI=1S/C16H21BrO2/c1-5-9-19-16-14(17)11(3)13-10(2)7-6-8-12(13)15(16)18-4/h5,10H,1,6-9H2,2-4H3. The lowest BCUT2D eigenvalue weighted by molar-refractivity contribution is 0.319. The maximum atomic E-state index is 5.80. The molecule has 1 aliphatic carbocycles. The highest BCUT2D eigenvalue weighted by Crippen LogP contribution is 2.48. The normalized spacial score (nSPS) is 17.8. The second-order valence-corrected chi connectivity index (χ2v) is 5.88. The Morgan fingerprint density at radius 3 is 2.79 bits per heavy atom. The lowest BCUT2D eigenvalue weighted by atomic mass is 9.81. The second kappa shape index (κ2) is 6.00. The van der Waals surface area contributed by atoms with Gasteiger partial charge in [0.05, 0.1) is 11.6 Å². The van der Waals surface area contributed by atoms with E-state index in [2.05, 4.69) is 36.4 Å². The molecule has 0 bridgehead atoms. The first-order valence-corrected chi connectivity index (χ1v) is 7.53. The van der Waals surface area contributed by atoms with Crippen molar-refractivity contribution in [3.8, 4) is 11.5 Å². The van der Waals surface area contributed by atoms with Crippen molar-refractivity contribution in [2.75, 3.05) is 13.7 Å². The lowest BCUT2D eigenvalue weighted by Gasteiger charge is -2.28. The van der Waals surface area contributed by atoms with E-state index in [0.717, 1.165) is 22.4 Å². The zero-order valence-corrected chi connectivity index (χ0v) is 13.5. The number of fused-ring (bicyclic) bond motifs is 1. The monoisotopic (exact) mass is 324 g/mol. The molecule has 0 saturated carbocycles. The summed E-state index contributed by atoms with van der Waals surface area (Å²) in [4.78, 5) is 0. The minimum Gasteiger partial charge on any atom is -0.493 e. The van der Waals surface area contributed by atoms with Gasteiger partial charge in [-0.1, -0.05) is 19.6 Å². The molecule has 0 N–H and O–H groups in total. The molecule has 0 saturated heterocycles. The molecular formula is C16H21BrO2. The van der Waals surface area contributed by atoms with Gasteiger partial charge in [-0.15, -0.1) is 0 Å². The maximum absolute atomic E-state index is 5.80. The number of hydrogen-bond donors (Lipinski definition) is 0. The fraction of sp³-hybridized carbons (Fsp3) is 0.500. The Balaban J connectivity index is 2.63. The summed E-state index contributed by atoms with van der Waals surface area (Å²) in [6, 6.07) is 0. The van der Waals surface area contributed by atoms with Crippen molar-refractivity contribution in [1.82, 2.24) is 0 Å². The Kier molecular flexibility index (Phi) is 4.56. The summed E-state index contributed by atoms with van der Waals surface area (Å²) in [7, 11) is 1.72. The molecule has 1 aromatic rings. The summed E-state index contributed by atoms with van der Waals surface area (Å²) < 4.78 is 12.4. The minimum absolute atomic E-state index is 0.489. The second-order valence-electron chi connectivity index (χ2n) is 5.09. The van der Waals surface area contributed by atoms with Crippen LogP contribution in [-0.2, 0) is 6.42 Å². The average Bonchev–Trinajstić information content (AvgIpc) is 2.41. The third-order valence-electron chi connectivity index (χ3n) is 3.84. The van der Waals surface area contributed by atoms with Gasteiger partial charge in [-0.3, -0.25) is 0 Å². The van der Waals surface area contributed by atoms with E-state index < -0.39 is 0 Å². The van der Waals surface area contributed by atoms with Crippen molar-refractivity contribution in [2.24, 2.45) is 0 Å². The van der Waals surface area contributed by atoms with E-state index in [1.54, 1.807) is 13.2 Å². The quantitative estimate of drug-likeness (QED) is 0.742. The van der Waals surface area contributed by atoms with Gasteiger partial charge in [0.2, 0.25) is 0 Å². The molecular weight excluding hydrogens is 304 g/mol. The topological polar surface area (TPSA) is 18.5 Å². The summed E-state index contributed by atoms with van der Waals surface area (Å²) in [6.07, 6.45) is 5.29. The molecule has 0 fully saturated rings. The highest BCUT2D eigenvalue weighted by atomic mass is 79.9. The van der Waals surface area contributed by atoms with E-state index >= 15 is 0 Å². The molecule has 0 radical (unpaired) electrons. The Hall–Kier alpha value is -0.960. The largest absolute Gasteiger partial charge is 0.493 e. The van der Waals surface area contributed by atoms with Crippen LogP contribution in [0, 0.1) is 6.92 Å². The molecule has 1 atom stereocenters. The van der Waals surface area contributed by atoms with Crippen LogP contribution in [0.1, 0.15) is 42.4 Å². The van der Waals surface area contributed by atoms with Gasteiger partial charge in [-0.25, -0.2) is 0 Å². The van der Waals surface area contributed by atoms with E-state index in [1.807, 2.05) is 0 Å². The Bertz CT molecular complexity index is 494. The van der Waals surface area contributed by atoms with Crippen LogP contribution in [0.25, 0.3) is 0 Å². The zero-order chi connectivity index (χ0) is 14.0. The molecule has 2 nitrogen and oxygen atoms in total. The average molecular weight is 325 g/mol. The van der Waals surface area contributed by atoms with E-state index in [9.17, 15) is 0 Å². The third-order valence-corrected chi connectivity index (χ3v) is 4.80. The zero-order valence-electron chi connectivity index (χ0n) is 11.9. The number of ether oxygens (including phenoxy) is 2. The van der Waals surface area contributed by atoms with Gasteiger partial charge in [-0.05, 0) is 59.2 Å². The van der Waals surface area contributed by atoms with Crippen molar-refractivity contribution in [3.63, 3.8) is 0 Å². The Morgan fingerprint density at radius 2 is 2.16 bits per heavy atom. The van der Waals surface area contributed by atoms with Gasteiger partial charge < -0.3 is 9.47 Å². The Labute approximate surface area is 123 Å². The van der Waals surface area contributed by atoms with Crippen LogP contribution in [0.3, 0.4) is 0 Å². The molecule has 1 unspecified atom stereocenters. The van der Waals surface area contributed by atoms with Gasteiger partial charge in [0.25, 0.3) is 0 Å². The molecule has 0 spiro atoms. The van der Waals surface area contributed by atoms with Crippen LogP contribution in [0.5, 0.6) is 11.5 Å². The highest BCUT2D eigenvalue weighted by Gasteiger charge is 2.27. The van der Waals surface area contributed by atoms with Gasteiger partial charge in [0.1, 0.15) is 6.61 Å². The molecule has 0 aromatic heterocycles. The van der Waals surface area contributed by atoms with Crippen molar-refractivity contribution in [1.29, 1.82) is 0 Å². The summed E-state index contributed by atoms with van der Waals surface area (Å²) in [5.41, 5.74) is 4.03. The van der Waals surface area contributed by atoms with E-state index in [0.29, 0.717) is 12.5 Å². The number of benzene rings is 1. The van der Waals surface area contributed by atoms with Gasteiger partial charge in [0.15, 0.2) is 11.5 Å². The van der Waals surface area contributed by atoms with E-state index in [-0.39, 0.29) is 0 Å². The van der Waals surface area contributed by atoms with E-state index in [4.69, 9.17) is 9.47 Å². The maximum Gasteiger partial charge on any atom is 0.176 e. The Morgan fingerprint density at radius 1 is 1.42 bits per heavy atom. The minimum atomic E-state index is 0.489. The first kappa shape index (κ1) is 14.4. The molecule has 3 heteroatoms. The van der Waals surface area contributed by atoms with Crippen molar-refractivity contribution in [3.05, 3.63) is 33.8 Å². The molecule has 2 rings (SSSR count). The van der Waals surface area contributed by atoms with Gasteiger partial charge in [0, 0.05) is 5.56 Å². The number of rotatable bonds is 4.